The zero-order valence-electron chi connectivity index (χ0n) is 14.5. The van der Waals surface area contributed by atoms with Crippen LogP contribution in [0.3, 0.4) is 0 Å². The second-order valence-electron chi connectivity index (χ2n) is 5.96. The van der Waals surface area contributed by atoms with Gasteiger partial charge in [0.1, 0.15) is 5.82 Å². The summed E-state index contributed by atoms with van der Waals surface area (Å²) in [5.74, 6) is -0.241. The van der Waals surface area contributed by atoms with E-state index in [1.54, 1.807) is 42.1 Å². The van der Waals surface area contributed by atoms with Crippen molar-refractivity contribution in [1.82, 2.24) is 14.5 Å². The van der Waals surface area contributed by atoms with Gasteiger partial charge in [0.05, 0.1) is 17.6 Å². The summed E-state index contributed by atoms with van der Waals surface area (Å²) >= 11 is 1.56. The second-order valence-corrected chi connectivity index (χ2v) is 6.79. The molecule has 0 unspecified atom stereocenters. The summed E-state index contributed by atoms with van der Waals surface area (Å²) in [5.41, 5.74) is 3.80. The van der Waals surface area contributed by atoms with Gasteiger partial charge in [-0.25, -0.2) is 9.38 Å². The Morgan fingerprint density at radius 2 is 1.89 bits per heavy atom. The van der Waals surface area contributed by atoms with E-state index in [9.17, 15) is 4.39 Å². The minimum absolute atomic E-state index is 0.241. The van der Waals surface area contributed by atoms with Gasteiger partial charge in [0.15, 0.2) is 4.80 Å². The molecule has 4 nitrogen and oxygen atoms in total. The van der Waals surface area contributed by atoms with Crippen LogP contribution in [0.5, 0.6) is 0 Å². The molecular weight excluding hydrogens is 359 g/mol. The lowest BCUT2D eigenvalue weighted by molar-refractivity contribution is 0.627. The average Bonchev–Trinajstić information content (AvgIpc) is 3.11. The Labute approximate surface area is 160 Å². The third-order valence-electron chi connectivity index (χ3n) is 4.13. The summed E-state index contributed by atoms with van der Waals surface area (Å²) in [6, 6.07) is 16.3. The van der Waals surface area contributed by atoms with E-state index < -0.39 is 0 Å². The quantitative estimate of drug-likeness (QED) is 0.510. The fraction of sp³-hybridized carbons (Fsp3) is 0.0952. The number of halogens is 1. The first-order valence-corrected chi connectivity index (χ1v) is 9.46. The molecule has 0 saturated heterocycles. The smallest absolute Gasteiger partial charge is 0.190 e. The first-order valence-electron chi connectivity index (χ1n) is 8.58. The van der Waals surface area contributed by atoms with E-state index in [4.69, 9.17) is 4.99 Å². The molecule has 0 aliphatic heterocycles. The van der Waals surface area contributed by atoms with Gasteiger partial charge in [-0.15, -0.1) is 11.3 Å². The van der Waals surface area contributed by atoms with Crippen molar-refractivity contribution < 1.29 is 4.39 Å². The van der Waals surface area contributed by atoms with Crippen molar-refractivity contribution in [2.24, 2.45) is 4.99 Å². The van der Waals surface area contributed by atoms with Crippen molar-refractivity contribution in [2.75, 3.05) is 0 Å². The molecule has 0 atom stereocenters. The molecule has 3 aromatic heterocycles. The van der Waals surface area contributed by atoms with E-state index >= 15 is 0 Å². The van der Waals surface area contributed by atoms with Crippen molar-refractivity contribution in [3.63, 3.8) is 0 Å². The number of hydrogen-bond acceptors (Lipinski definition) is 4. The van der Waals surface area contributed by atoms with E-state index in [1.807, 2.05) is 30.3 Å². The molecule has 134 valence electrons. The van der Waals surface area contributed by atoms with Gasteiger partial charge < -0.3 is 4.57 Å². The maximum atomic E-state index is 13.3. The Balaban J connectivity index is 1.75. The van der Waals surface area contributed by atoms with Crippen LogP contribution >= 0.6 is 11.3 Å². The largest absolute Gasteiger partial charge is 0.316 e. The van der Waals surface area contributed by atoms with Crippen LogP contribution in [0.2, 0.25) is 0 Å². The highest BCUT2D eigenvalue weighted by Gasteiger charge is 2.09. The summed E-state index contributed by atoms with van der Waals surface area (Å²) in [6.45, 7) is 0.728. The highest BCUT2D eigenvalue weighted by molar-refractivity contribution is 7.07. The Kier molecular flexibility index (Phi) is 5.16. The maximum Gasteiger partial charge on any atom is 0.190 e. The van der Waals surface area contributed by atoms with Gasteiger partial charge >= 0.3 is 0 Å². The Morgan fingerprint density at radius 3 is 2.63 bits per heavy atom. The van der Waals surface area contributed by atoms with Crippen LogP contribution < -0.4 is 4.80 Å². The first kappa shape index (κ1) is 17.3. The molecule has 0 bridgehead atoms. The van der Waals surface area contributed by atoms with Crippen molar-refractivity contribution in [1.29, 1.82) is 0 Å². The lowest BCUT2D eigenvalue weighted by Crippen LogP contribution is -2.17. The van der Waals surface area contributed by atoms with Crippen molar-refractivity contribution in [3.8, 4) is 11.3 Å². The second kappa shape index (κ2) is 8.05. The predicted molar refractivity (Wildman–Crippen MR) is 105 cm³/mol. The van der Waals surface area contributed by atoms with E-state index in [0.29, 0.717) is 0 Å². The van der Waals surface area contributed by atoms with Crippen molar-refractivity contribution in [3.05, 3.63) is 94.9 Å². The number of benzene rings is 1. The highest BCUT2D eigenvalue weighted by atomic mass is 32.1. The molecule has 0 aliphatic carbocycles. The molecule has 0 aliphatic rings. The first-order chi connectivity index (χ1) is 13.3. The molecule has 3 heterocycles. The lowest BCUT2D eigenvalue weighted by Gasteiger charge is -2.09. The fourth-order valence-electron chi connectivity index (χ4n) is 2.79. The van der Waals surface area contributed by atoms with Gasteiger partial charge in [0.2, 0.25) is 0 Å². The van der Waals surface area contributed by atoms with Gasteiger partial charge in [-0.3, -0.25) is 9.97 Å². The van der Waals surface area contributed by atoms with Crippen LogP contribution in [0.25, 0.3) is 11.3 Å². The van der Waals surface area contributed by atoms with Crippen molar-refractivity contribution >= 4 is 17.0 Å². The maximum absolute atomic E-state index is 13.3. The van der Waals surface area contributed by atoms with Crippen LogP contribution in [-0.2, 0) is 13.0 Å². The van der Waals surface area contributed by atoms with E-state index in [0.717, 1.165) is 40.4 Å². The molecule has 1 aromatic carbocycles. The molecule has 0 amide bonds. The molecule has 0 fully saturated rings. The minimum atomic E-state index is -0.241. The zero-order valence-corrected chi connectivity index (χ0v) is 15.3. The van der Waals surface area contributed by atoms with Gasteiger partial charge in [-0.05, 0) is 54.1 Å². The minimum Gasteiger partial charge on any atom is -0.316 e. The normalized spacial score (nSPS) is 11.7. The number of pyridine rings is 2. The molecule has 4 aromatic rings. The zero-order chi connectivity index (χ0) is 18.5. The predicted octanol–water partition coefficient (Wildman–Crippen LogP) is 4.62. The monoisotopic (exact) mass is 376 g/mol. The number of nitrogens with zero attached hydrogens (tertiary/aromatic N) is 4. The molecular formula is C21H17FN4S. The third kappa shape index (κ3) is 4.17. The highest BCUT2D eigenvalue weighted by Crippen LogP contribution is 2.21. The van der Waals surface area contributed by atoms with Crippen LogP contribution in [0, 0.1) is 5.82 Å². The summed E-state index contributed by atoms with van der Waals surface area (Å²) in [6.07, 6.45) is 6.05. The average molecular weight is 376 g/mol. The van der Waals surface area contributed by atoms with Gasteiger partial charge in [-0.2, -0.15) is 0 Å². The summed E-state index contributed by atoms with van der Waals surface area (Å²) < 4.78 is 15.5. The van der Waals surface area contributed by atoms with Gasteiger partial charge in [0.25, 0.3) is 0 Å². The van der Waals surface area contributed by atoms with Gasteiger partial charge in [-0.1, -0.05) is 6.07 Å². The van der Waals surface area contributed by atoms with Crippen molar-refractivity contribution in [2.45, 2.75) is 13.0 Å². The van der Waals surface area contributed by atoms with Crippen LogP contribution in [-0.4, -0.2) is 14.5 Å². The van der Waals surface area contributed by atoms with Crippen LogP contribution in [0.1, 0.15) is 5.69 Å². The fourth-order valence-corrected chi connectivity index (χ4v) is 3.74. The number of rotatable bonds is 5. The van der Waals surface area contributed by atoms with Gasteiger partial charge in [0, 0.05) is 36.4 Å². The Morgan fingerprint density at radius 1 is 1.00 bits per heavy atom. The molecule has 0 radical (unpaired) electrons. The standard InChI is InChI=1S/C21H17FN4S/c22-17-8-6-16(7-9-17)20-15-27-21(25-19-5-3-11-23-14-19)26(20)13-10-18-4-1-2-12-24-18/h1-9,11-12,14-15H,10,13H2. The number of aromatic nitrogens is 3. The number of aryl methyl sites for hydroxylation is 1. The summed E-state index contributed by atoms with van der Waals surface area (Å²) in [4.78, 5) is 14.1. The summed E-state index contributed by atoms with van der Waals surface area (Å²) in [7, 11) is 0. The molecule has 0 spiro atoms. The van der Waals surface area contributed by atoms with E-state index in [-0.39, 0.29) is 5.82 Å². The molecule has 0 saturated carbocycles. The topological polar surface area (TPSA) is 43.1 Å². The van der Waals surface area contributed by atoms with E-state index in [2.05, 4.69) is 19.9 Å². The Hall–Kier alpha value is -3.12. The molecule has 4 rings (SSSR count). The molecule has 6 heteroatoms. The van der Waals surface area contributed by atoms with E-state index in [1.165, 1.54) is 12.1 Å². The van der Waals surface area contributed by atoms with Crippen LogP contribution in [0.4, 0.5) is 10.1 Å². The summed E-state index contributed by atoms with van der Waals surface area (Å²) in [5, 5.41) is 2.06. The van der Waals surface area contributed by atoms with Crippen LogP contribution in [0.15, 0.2) is 83.6 Å². The molecule has 27 heavy (non-hydrogen) atoms. The molecule has 0 N–H and O–H groups in total. The lowest BCUT2D eigenvalue weighted by atomic mass is 10.1. The number of thiazole rings is 1. The third-order valence-corrected chi connectivity index (χ3v) is 4.99. The SMILES string of the molecule is Fc1ccc(-c2csc(=Nc3cccnc3)n2CCc2ccccn2)cc1. The number of hydrogen-bond donors (Lipinski definition) is 0. The Bertz CT molecular complexity index is 1070.